The van der Waals surface area contributed by atoms with Crippen molar-refractivity contribution < 1.29 is 0 Å². The van der Waals surface area contributed by atoms with Crippen LogP contribution in [0.15, 0.2) is 24.4 Å². The molecule has 0 aliphatic rings. The van der Waals surface area contributed by atoms with Crippen LogP contribution < -0.4 is 10.2 Å². The molecule has 0 atom stereocenters. The van der Waals surface area contributed by atoms with Gasteiger partial charge in [-0.2, -0.15) is 10.5 Å². The lowest BCUT2D eigenvalue weighted by Gasteiger charge is -2.25. The maximum Gasteiger partial charge on any atom is 0.216 e. The summed E-state index contributed by atoms with van der Waals surface area (Å²) >= 11 is 6.32. The van der Waals surface area contributed by atoms with Crippen molar-refractivity contribution in [2.24, 2.45) is 0 Å². The maximum absolute atomic E-state index is 9.18. The molecule has 8 heteroatoms. The second-order valence-corrected chi connectivity index (χ2v) is 4.77. The quantitative estimate of drug-likeness (QED) is 0.796. The molecule has 2 aromatic rings. The zero-order chi connectivity index (χ0) is 15.9. The van der Waals surface area contributed by atoms with Gasteiger partial charge in [-0.3, -0.25) is 0 Å². The first kappa shape index (κ1) is 15.8. The van der Waals surface area contributed by atoms with Crippen LogP contribution in [0.3, 0.4) is 0 Å². The number of halogens is 1. The summed E-state index contributed by atoms with van der Waals surface area (Å²) < 4.78 is 0. The minimum Gasteiger partial charge on any atom is -0.369 e. The number of nitriles is 1. The number of anilines is 2. The van der Waals surface area contributed by atoms with Gasteiger partial charge in [-0.15, -0.1) is 10.2 Å². The highest BCUT2D eigenvalue weighted by molar-refractivity contribution is 6.34. The monoisotopic (exact) mass is 317 g/mol. The molecule has 0 amide bonds. The van der Waals surface area contributed by atoms with E-state index in [1.165, 1.54) is 0 Å². The van der Waals surface area contributed by atoms with E-state index in [4.69, 9.17) is 11.6 Å². The predicted molar refractivity (Wildman–Crippen MR) is 86.4 cm³/mol. The van der Waals surface area contributed by atoms with Gasteiger partial charge in [0.15, 0.2) is 0 Å². The van der Waals surface area contributed by atoms with Gasteiger partial charge in [0.2, 0.25) is 5.82 Å². The topological polar surface area (TPSA) is 93.5 Å². The van der Waals surface area contributed by atoms with Gasteiger partial charge in [-0.1, -0.05) is 17.7 Å². The first-order valence-corrected chi connectivity index (χ1v) is 7.23. The Morgan fingerprint density at radius 3 is 2.82 bits per heavy atom. The zero-order valence-corrected chi connectivity index (χ0v) is 13.1. The molecule has 0 aliphatic heterocycles. The van der Waals surface area contributed by atoms with Gasteiger partial charge < -0.3 is 10.2 Å². The van der Waals surface area contributed by atoms with Crippen molar-refractivity contribution in [1.29, 1.82) is 5.26 Å². The molecule has 22 heavy (non-hydrogen) atoms. The Kier molecular flexibility index (Phi) is 5.33. The van der Waals surface area contributed by atoms with Crippen LogP contribution in [0.25, 0.3) is 5.57 Å². The van der Waals surface area contributed by atoms with Crippen molar-refractivity contribution >= 4 is 28.5 Å². The molecule has 1 aromatic carbocycles. The van der Waals surface area contributed by atoms with Gasteiger partial charge >= 0.3 is 0 Å². The summed E-state index contributed by atoms with van der Waals surface area (Å²) in [5.74, 6) is 0.237. The van der Waals surface area contributed by atoms with Crippen LogP contribution in [0.4, 0.5) is 11.4 Å². The summed E-state index contributed by atoms with van der Waals surface area (Å²) in [6.07, 6.45) is 1.55. The van der Waals surface area contributed by atoms with E-state index < -0.39 is 0 Å². The standard InChI is InChI=1S/C14H16ClN7/c1-3-22(4-2)13-11(15)6-5-7-12(13)17-9-10(8-16)14-18-20-21-19-14/h5-7,9,17H,3-4H2,1-2H3,(H,18,19,20,21). The summed E-state index contributed by atoms with van der Waals surface area (Å²) in [6.45, 7) is 5.78. The average molecular weight is 318 g/mol. The van der Waals surface area contributed by atoms with E-state index >= 15 is 0 Å². The largest absolute Gasteiger partial charge is 0.369 e. The van der Waals surface area contributed by atoms with Crippen LogP contribution >= 0.6 is 11.6 Å². The highest BCUT2D eigenvalue weighted by atomic mass is 35.5. The molecule has 0 fully saturated rings. The molecule has 7 nitrogen and oxygen atoms in total. The number of H-pyrrole nitrogens is 1. The normalized spacial score (nSPS) is 11.1. The lowest BCUT2D eigenvalue weighted by atomic mass is 10.2. The van der Waals surface area contributed by atoms with Crippen molar-refractivity contribution in [1.82, 2.24) is 20.6 Å². The molecule has 0 unspecified atom stereocenters. The SMILES string of the molecule is CCN(CC)c1c(Cl)cccc1NC=C(C#N)c1nn[nH]n1. The predicted octanol–water partition coefficient (Wildman–Crippen LogP) is 2.68. The number of tetrazole rings is 1. The molecule has 0 aliphatic carbocycles. The number of nitrogens with zero attached hydrogens (tertiary/aromatic N) is 5. The van der Waals surface area contributed by atoms with Crippen molar-refractivity contribution in [3.05, 3.63) is 35.2 Å². The Morgan fingerprint density at radius 2 is 2.23 bits per heavy atom. The molecule has 1 heterocycles. The fourth-order valence-electron chi connectivity index (χ4n) is 2.07. The van der Waals surface area contributed by atoms with Crippen LogP contribution in [-0.4, -0.2) is 33.7 Å². The van der Waals surface area contributed by atoms with E-state index in [1.807, 2.05) is 24.3 Å². The molecule has 2 N–H and O–H groups in total. The third-order valence-electron chi connectivity index (χ3n) is 3.15. The maximum atomic E-state index is 9.18. The molecule has 0 radical (unpaired) electrons. The molecular weight excluding hydrogens is 302 g/mol. The Balaban J connectivity index is 2.34. The molecular formula is C14H16ClN7. The summed E-state index contributed by atoms with van der Waals surface area (Å²) in [5, 5.41) is 26.3. The van der Waals surface area contributed by atoms with Gasteiger partial charge in [0.1, 0.15) is 11.6 Å². The first-order valence-electron chi connectivity index (χ1n) is 6.85. The number of allylic oxidation sites excluding steroid dienone is 1. The third kappa shape index (κ3) is 3.35. The second kappa shape index (κ2) is 7.43. The fraction of sp³-hybridized carbons (Fsp3) is 0.286. The van der Waals surface area contributed by atoms with Gasteiger partial charge in [-0.25, -0.2) is 0 Å². The lowest BCUT2D eigenvalue weighted by Crippen LogP contribution is -2.23. The van der Waals surface area contributed by atoms with Crippen molar-refractivity contribution in [2.75, 3.05) is 23.3 Å². The van der Waals surface area contributed by atoms with Gasteiger partial charge in [0.05, 0.1) is 16.4 Å². The highest BCUT2D eigenvalue weighted by Crippen LogP contribution is 2.34. The zero-order valence-electron chi connectivity index (χ0n) is 12.3. The van der Waals surface area contributed by atoms with Crippen LogP contribution in [0.2, 0.25) is 5.02 Å². The van der Waals surface area contributed by atoms with Crippen molar-refractivity contribution in [3.63, 3.8) is 0 Å². The van der Waals surface area contributed by atoms with Gasteiger partial charge in [0, 0.05) is 19.3 Å². The summed E-state index contributed by atoms with van der Waals surface area (Å²) in [7, 11) is 0. The number of hydrogen-bond acceptors (Lipinski definition) is 6. The van der Waals surface area contributed by atoms with Crippen molar-refractivity contribution in [3.8, 4) is 6.07 Å². The van der Waals surface area contributed by atoms with Crippen molar-refractivity contribution in [2.45, 2.75) is 13.8 Å². The minimum absolute atomic E-state index is 0.237. The average Bonchev–Trinajstić information content (AvgIpc) is 3.05. The molecule has 0 spiro atoms. The fourth-order valence-corrected chi connectivity index (χ4v) is 2.36. The Bertz CT molecular complexity index is 684. The van der Waals surface area contributed by atoms with Crippen LogP contribution in [0, 0.1) is 11.3 Å². The highest BCUT2D eigenvalue weighted by Gasteiger charge is 2.12. The van der Waals surface area contributed by atoms with E-state index in [2.05, 4.69) is 44.7 Å². The molecule has 1 aromatic heterocycles. The van der Waals surface area contributed by atoms with Crippen LogP contribution in [0.5, 0.6) is 0 Å². The van der Waals surface area contributed by atoms with E-state index in [1.54, 1.807) is 6.20 Å². The molecule has 0 saturated carbocycles. The number of hydrogen-bond donors (Lipinski definition) is 2. The van der Waals surface area contributed by atoms with Crippen LogP contribution in [-0.2, 0) is 0 Å². The van der Waals surface area contributed by atoms with E-state index in [-0.39, 0.29) is 11.4 Å². The van der Waals surface area contributed by atoms with Gasteiger partial charge in [0.25, 0.3) is 0 Å². The molecule has 2 rings (SSSR count). The minimum atomic E-state index is 0.237. The summed E-state index contributed by atoms with van der Waals surface area (Å²) in [4.78, 5) is 2.14. The van der Waals surface area contributed by atoms with Gasteiger partial charge in [-0.05, 0) is 31.2 Å². The van der Waals surface area contributed by atoms with Crippen LogP contribution in [0.1, 0.15) is 19.7 Å². The molecule has 114 valence electrons. The van der Waals surface area contributed by atoms with E-state index in [9.17, 15) is 5.26 Å². The lowest BCUT2D eigenvalue weighted by molar-refractivity contribution is 0.867. The third-order valence-corrected chi connectivity index (χ3v) is 3.45. The Morgan fingerprint density at radius 1 is 1.45 bits per heavy atom. The Labute approximate surface area is 133 Å². The number of aromatic amines is 1. The molecule has 0 saturated heterocycles. The summed E-state index contributed by atoms with van der Waals surface area (Å²) in [5.41, 5.74) is 1.99. The summed E-state index contributed by atoms with van der Waals surface area (Å²) in [6, 6.07) is 7.63. The number of aromatic nitrogens is 4. The van der Waals surface area contributed by atoms with E-state index in [0.29, 0.717) is 5.02 Å². The Hall–Kier alpha value is -2.59. The first-order chi connectivity index (χ1) is 10.7. The second-order valence-electron chi connectivity index (χ2n) is 4.36. The number of benzene rings is 1. The number of nitrogens with one attached hydrogen (secondary N) is 2. The number of para-hydroxylation sites is 1. The smallest absolute Gasteiger partial charge is 0.216 e. The number of rotatable bonds is 6. The van der Waals surface area contributed by atoms with E-state index in [0.717, 1.165) is 24.5 Å². The molecule has 0 bridgehead atoms.